The van der Waals surface area contributed by atoms with E-state index in [4.69, 9.17) is 10.2 Å². The number of carbonyl (C=O) groups is 3. The number of benzene rings is 1. The zero-order valence-electron chi connectivity index (χ0n) is 9.88. The fourth-order valence-electron chi connectivity index (χ4n) is 1.49. The highest BCUT2D eigenvalue weighted by molar-refractivity contribution is 9.10. The SMILES string of the molecule is O=C(O)CN(CC(=O)O)C(=O)Cc1cccc(Br)c1. The number of halogens is 1. The van der Waals surface area contributed by atoms with Crippen molar-refractivity contribution < 1.29 is 24.6 Å². The number of hydrogen-bond donors (Lipinski definition) is 2. The van der Waals surface area contributed by atoms with Gasteiger partial charge in [-0.2, -0.15) is 0 Å². The van der Waals surface area contributed by atoms with Crippen molar-refractivity contribution in [2.24, 2.45) is 0 Å². The fraction of sp³-hybridized carbons (Fsp3) is 0.250. The van der Waals surface area contributed by atoms with Gasteiger partial charge in [0.2, 0.25) is 5.91 Å². The normalized spacial score (nSPS) is 9.95. The molecule has 0 fully saturated rings. The predicted molar refractivity (Wildman–Crippen MR) is 69.7 cm³/mol. The predicted octanol–water partition coefficient (Wildman–Crippen LogP) is 0.989. The minimum atomic E-state index is -1.25. The number of carbonyl (C=O) groups excluding carboxylic acids is 1. The second-order valence-corrected chi connectivity index (χ2v) is 4.76. The summed E-state index contributed by atoms with van der Waals surface area (Å²) in [4.78, 5) is 33.9. The molecule has 0 aliphatic heterocycles. The van der Waals surface area contributed by atoms with Gasteiger partial charge in [0.15, 0.2) is 0 Å². The number of rotatable bonds is 6. The lowest BCUT2D eigenvalue weighted by molar-refractivity contribution is -0.149. The Hall–Kier alpha value is -1.89. The maximum Gasteiger partial charge on any atom is 0.323 e. The highest BCUT2D eigenvalue weighted by Crippen LogP contribution is 2.12. The third kappa shape index (κ3) is 5.52. The van der Waals surface area contributed by atoms with E-state index in [1.165, 1.54) is 0 Å². The molecule has 6 nitrogen and oxygen atoms in total. The molecule has 0 aromatic heterocycles. The van der Waals surface area contributed by atoms with Gasteiger partial charge in [0.05, 0.1) is 6.42 Å². The smallest absolute Gasteiger partial charge is 0.323 e. The number of amides is 1. The quantitative estimate of drug-likeness (QED) is 0.811. The molecule has 0 bridgehead atoms. The van der Waals surface area contributed by atoms with Crippen LogP contribution in [0.15, 0.2) is 28.7 Å². The van der Waals surface area contributed by atoms with E-state index in [2.05, 4.69) is 15.9 Å². The van der Waals surface area contributed by atoms with Gasteiger partial charge < -0.3 is 15.1 Å². The van der Waals surface area contributed by atoms with Crippen LogP contribution in [0.3, 0.4) is 0 Å². The molecular formula is C12H12BrNO5. The monoisotopic (exact) mass is 329 g/mol. The maximum atomic E-state index is 11.9. The van der Waals surface area contributed by atoms with Gasteiger partial charge in [-0.15, -0.1) is 0 Å². The Labute approximate surface area is 117 Å². The molecule has 0 aliphatic carbocycles. The van der Waals surface area contributed by atoms with Crippen LogP contribution in [-0.4, -0.2) is 46.0 Å². The van der Waals surface area contributed by atoms with Gasteiger partial charge in [-0.25, -0.2) is 0 Å². The summed E-state index contributed by atoms with van der Waals surface area (Å²) in [5.74, 6) is -3.03. The molecule has 0 atom stereocenters. The summed E-state index contributed by atoms with van der Waals surface area (Å²) in [5, 5.41) is 17.3. The third-order valence-electron chi connectivity index (χ3n) is 2.25. The Balaban J connectivity index is 2.76. The van der Waals surface area contributed by atoms with Crippen LogP contribution in [-0.2, 0) is 20.8 Å². The van der Waals surface area contributed by atoms with Crippen LogP contribution in [0.5, 0.6) is 0 Å². The van der Waals surface area contributed by atoms with Crippen molar-refractivity contribution in [3.63, 3.8) is 0 Å². The molecule has 0 spiro atoms. The topological polar surface area (TPSA) is 94.9 Å². The van der Waals surface area contributed by atoms with Crippen molar-refractivity contribution >= 4 is 33.8 Å². The van der Waals surface area contributed by atoms with Gasteiger partial charge in [-0.3, -0.25) is 14.4 Å². The van der Waals surface area contributed by atoms with Crippen molar-refractivity contribution in [2.45, 2.75) is 6.42 Å². The molecule has 1 rings (SSSR count). The van der Waals surface area contributed by atoms with Crippen LogP contribution in [0.4, 0.5) is 0 Å². The highest BCUT2D eigenvalue weighted by atomic mass is 79.9. The molecule has 1 amide bonds. The average Bonchev–Trinajstić information content (AvgIpc) is 2.26. The molecule has 0 radical (unpaired) electrons. The number of carboxylic acid groups (broad SMARTS) is 2. The standard InChI is InChI=1S/C12H12BrNO5/c13-9-3-1-2-8(4-9)5-10(15)14(6-11(16)17)7-12(18)19/h1-4H,5-7H2,(H,16,17)(H,18,19). The van der Waals surface area contributed by atoms with Crippen molar-refractivity contribution in [1.29, 1.82) is 0 Å². The summed E-state index contributed by atoms with van der Waals surface area (Å²) in [7, 11) is 0. The van der Waals surface area contributed by atoms with Crippen molar-refractivity contribution in [1.82, 2.24) is 4.90 Å². The second kappa shape index (κ2) is 6.89. The summed E-state index contributed by atoms with van der Waals surface area (Å²) in [6.07, 6.45) is -0.0417. The molecule has 102 valence electrons. The molecule has 7 heteroatoms. The Bertz CT molecular complexity index is 487. The lowest BCUT2D eigenvalue weighted by Gasteiger charge is -2.18. The Kier molecular flexibility index (Phi) is 5.50. The molecule has 2 N–H and O–H groups in total. The lowest BCUT2D eigenvalue weighted by Crippen LogP contribution is -2.40. The largest absolute Gasteiger partial charge is 0.480 e. The zero-order chi connectivity index (χ0) is 14.4. The number of aliphatic carboxylic acids is 2. The molecule has 19 heavy (non-hydrogen) atoms. The van der Waals surface area contributed by atoms with E-state index >= 15 is 0 Å². The fourth-order valence-corrected chi connectivity index (χ4v) is 1.94. The van der Waals surface area contributed by atoms with E-state index in [1.807, 2.05) is 0 Å². The van der Waals surface area contributed by atoms with E-state index < -0.39 is 30.9 Å². The average molecular weight is 330 g/mol. The van der Waals surface area contributed by atoms with E-state index in [0.29, 0.717) is 5.56 Å². The van der Waals surface area contributed by atoms with Gasteiger partial charge in [0.25, 0.3) is 0 Å². The van der Waals surface area contributed by atoms with E-state index in [-0.39, 0.29) is 6.42 Å². The summed E-state index contributed by atoms with van der Waals surface area (Å²) >= 11 is 3.26. The van der Waals surface area contributed by atoms with Crippen LogP contribution in [0, 0.1) is 0 Å². The van der Waals surface area contributed by atoms with Crippen LogP contribution in [0.25, 0.3) is 0 Å². The molecule has 0 heterocycles. The molecule has 0 aliphatic rings. The van der Waals surface area contributed by atoms with E-state index in [0.717, 1.165) is 9.37 Å². The van der Waals surface area contributed by atoms with Crippen LogP contribution >= 0.6 is 15.9 Å². The second-order valence-electron chi connectivity index (χ2n) is 3.84. The Morgan fingerprint density at radius 1 is 1.11 bits per heavy atom. The third-order valence-corrected chi connectivity index (χ3v) is 2.74. The first-order valence-corrected chi connectivity index (χ1v) is 6.13. The van der Waals surface area contributed by atoms with Gasteiger partial charge in [-0.05, 0) is 17.7 Å². The Morgan fingerprint density at radius 3 is 2.16 bits per heavy atom. The van der Waals surface area contributed by atoms with E-state index in [9.17, 15) is 14.4 Å². The molecule has 0 saturated heterocycles. The van der Waals surface area contributed by atoms with Gasteiger partial charge in [0.1, 0.15) is 13.1 Å². The first-order chi connectivity index (χ1) is 8.88. The van der Waals surface area contributed by atoms with E-state index in [1.54, 1.807) is 24.3 Å². The lowest BCUT2D eigenvalue weighted by atomic mass is 10.1. The van der Waals surface area contributed by atoms with Crippen molar-refractivity contribution in [3.8, 4) is 0 Å². The first-order valence-electron chi connectivity index (χ1n) is 5.34. The summed E-state index contributed by atoms with van der Waals surface area (Å²) in [6, 6.07) is 6.96. The zero-order valence-corrected chi connectivity index (χ0v) is 11.5. The van der Waals surface area contributed by atoms with Gasteiger partial charge >= 0.3 is 11.9 Å². The minimum Gasteiger partial charge on any atom is -0.480 e. The molecule has 0 saturated carbocycles. The number of carboxylic acids is 2. The van der Waals surface area contributed by atoms with Crippen LogP contribution in [0.1, 0.15) is 5.56 Å². The maximum absolute atomic E-state index is 11.9. The summed E-state index contributed by atoms with van der Waals surface area (Å²) < 4.78 is 0.792. The first kappa shape index (κ1) is 15.2. The molecule has 1 aromatic carbocycles. The van der Waals surface area contributed by atoms with Gasteiger partial charge in [0, 0.05) is 4.47 Å². The van der Waals surface area contributed by atoms with Crippen molar-refractivity contribution in [2.75, 3.05) is 13.1 Å². The minimum absolute atomic E-state index is 0.0417. The van der Waals surface area contributed by atoms with Crippen LogP contribution < -0.4 is 0 Å². The van der Waals surface area contributed by atoms with Crippen LogP contribution in [0.2, 0.25) is 0 Å². The molecule has 1 aromatic rings. The van der Waals surface area contributed by atoms with Crippen molar-refractivity contribution in [3.05, 3.63) is 34.3 Å². The summed E-state index contributed by atoms with van der Waals surface area (Å²) in [6.45, 7) is -1.25. The molecule has 0 unspecified atom stereocenters. The molecular weight excluding hydrogens is 318 g/mol. The number of hydrogen-bond acceptors (Lipinski definition) is 3. The number of nitrogens with zero attached hydrogens (tertiary/aromatic N) is 1. The summed E-state index contributed by atoms with van der Waals surface area (Å²) in [5.41, 5.74) is 0.681. The van der Waals surface area contributed by atoms with Gasteiger partial charge in [-0.1, -0.05) is 28.1 Å². The highest BCUT2D eigenvalue weighted by Gasteiger charge is 2.19. The Morgan fingerprint density at radius 2 is 1.68 bits per heavy atom.